The van der Waals surface area contributed by atoms with Crippen molar-refractivity contribution in [3.05, 3.63) is 11.6 Å². The number of ether oxygens (including phenoxy) is 1. The van der Waals surface area contributed by atoms with E-state index in [2.05, 4.69) is 19.7 Å². The Labute approximate surface area is 126 Å². The molecule has 1 aromatic heterocycles. The lowest BCUT2D eigenvalue weighted by Gasteiger charge is -2.29. The predicted octanol–water partition coefficient (Wildman–Crippen LogP) is 2.35. The van der Waals surface area contributed by atoms with Gasteiger partial charge in [-0.2, -0.15) is 0 Å². The summed E-state index contributed by atoms with van der Waals surface area (Å²) in [5, 5.41) is 8.73. The zero-order valence-corrected chi connectivity index (χ0v) is 12.8. The third-order valence-corrected chi connectivity index (χ3v) is 5.22. The molecule has 0 unspecified atom stereocenters. The number of aromatic nitrogens is 3. The SMILES string of the molecule is C1CCC(CN(Cc2nnc3n2CCOC3)C2CC2)CC1. The molecule has 0 bridgehead atoms. The molecule has 0 amide bonds. The lowest BCUT2D eigenvalue weighted by molar-refractivity contribution is 0.0790. The quantitative estimate of drug-likeness (QED) is 0.835. The van der Waals surface area contributed by atoms with Crippen molar-refractivity contribution >= 4 is 0 Å². The van der Waals surface area contributed by atoms with E-state index in [0.717, 1.165) is 43.3 Å². The first-order chi connectivity index (χ1) is 10.4. The number of hydrogen-bond acceptors (Lipinski definition) is 4. The molecule has 5 heteroatoms. The molecule has 4 rings (SSSR count). The van der Waals surface area contributed by atoms with Gasteiger partial charge in [0, 0.05) is 19.1 Å². The summed E-state index contributed by atoms with van der Waals surface area (Å²) in [6.45, 7) is 4.58. The van der Waals surface area contributed by atoms with E-state index < -0.39 is 0 Å². The second-order valence-corrected chi connectivity index (χ2v) is 6.90. The van der Waals surface area contributed by atoms with Gasteiger partial charge in [-0.15, -0.1) is 10.2 Å². The summed E-state index contributed by atoms with van der Waals surface area (Å²) in [6.07, 6.45) is 9.90. The van der Waals surface area contributed by atoms with Gasteiger partial charge in [0.05, 0.1) is 13.2 Å². The lowest BCUT2D eigenvalue weighted by Crippen LogP contribution is -2.33. The Morgan fingerprint density at radius 3 is 2.76 bits per heavy atom. The van der Waals surface area contributed by atoms with Crippen LogP contribution in [0.15, 0.2) is 0 Å². The Balaban J connectivity index is 1.43. The third kappa shape index (κ3) is 3.14. The Morgan fingerprint density at radius 2 is 1.95 bits per heavy atom. The summed E-state index contributed by atoms with van der Waals surface area (Å²) in [5.41, 5.74) is 0. The van der Waals surface area contributed by atoms with Gasteiger partial charge in [-0.1, -0.05) is 19.3 Å². The third-order valence-electron chi connectivity index (χ3n) is 5.22. The van der Waals surface area contributed by atoms with Crippen molar-refractivity contribution in [1.82, 2.24) is 19.7 Å². The first-order valence-corrected chi connectivity index (χ1v) is 8.63. The fourth-order valence-corrected chi connectivity index (χ4v) is 3.84. The number of fused-ring (bicyclic) bond motifs is 1. The number of hydrogen-bond donors (Lipinski definition) is 0. The van der Waals surface area contributed by atoms with Crippen LogP contribution >= 0.6 is 0 Å². The van der Waals surface area contributed by atoms with Gasteiger partial charge in [0.2, 0.25) is 0 Å². The highest BCUT2D eigenvalue weighted by Crippen LogP contribution is 2.32. The number of nitrogens with zero attached hydrogens (tertiary/aromatic N) is 4. The van der Waals surface area contributed by atoms with Gasteiger partial charge in [0.25, 0.3) is 0 Å². The lowest BCUT2D eigenvalue weighted by atomic mass is 9.89. The van der Waals surface area contributed by atoms with E-state index >= 15 is 0 Å². The topological polar surface area (TPSA) is 43.2 Å². The van der Waals surface area contributed by atoms with Gasteiger partial charge in [-0.05, 0) is 31.6 Å². The minimum absolute atomic E-state index is 0.624. The van der Waals surface area contributed by atoms with Crippen LogP contribution in [0.5, 0.6) is 0 Å². The highest BCUT2D eigenvalue weighted by Gasteiger charge is 2.32. The molecule has 5 nitrogen and oxygen atoms in total. The van der Waals surface area contributed by atoms with Crippen LogP contribution in [0, 0.1) is 5.92 Å². The van der Waals surface area contributed by atoms with Crippen LogP contribution in [-0.2, 0) is 24.4 Å². The van der Waals surface area contributed by atoms with Crippen molar-refractivity contribution in [2.45, 2.75) is 70.7 Å². The van der Waals surface area contributed by atoms with Gasteiger partial charge < -0.3 is 9.30 Å². The van der Waals surface area contributed by atoms with Gasteiger partial charge in [-0.25, -0.2) is 0 Å². The Bertz CT molecular complexity index is 477. The Kier molecular flexibility index (Phi) is 3.95. The normalized spacial score (nSPS) is 23.5. The smallest absolute Gasteiger partial charge is 0.159 e. The summed E-state index contributed by atoms with van der Waals surface area (Å²) < 4.78 is 7.74. The average molecular weight is 290 g/mol. The summed E-state index contributed by atoms with van der Waals surface area (Å²) in [6, 6.07) is 0.805. The van der Waals surface area contributed by atoms with Crippen molar-refractivity contribution in [2.75, 3.05) is 13.2 Å². The van der Waals surface area contributed by atoms with Crippen LogP contribution < -0.4 is 0 Å². The Morgan fingerprint density at radius 1 is 1.10 bits per heavy atom. The molecule has 1 aromatic rings. The van der Waals surface area contributed by atoms with Crippen molar-refractivity contribution in [2.24, 2.45) is 5.92 Å². The molecule has 0 radical (unpaired) electrons. The van der Waals surface area contributed by atoms with Crippen LogP contribution in [0.1, 0.15) is 56.6 Å². The maximum Gasteiger partial charge on any atom is 0.159 e. The molecule has 0 saturated heterocycles. The van der Waals surface area contributed by atoms with Gasteiger partial charge in [-0.3, -0.25) is 4.90 Å². The van der Waals surface area contributed by atoms with E-state index in [4.69, 9.17) is 4.74 Å². The first kappa shape index (κ1) is 13.7. The summed E-state index contributed by atoms with van der Waals surface area (Å²) >= 11 is 0. The minimum atomic E-state index is 0.624. The molecule has 3 aliphatic rings. The van der Waals surface area contributed by atoms with E-state index in [1.54, 1.807) is 0 Å². The fourth-order valence-electron chi connectivity index (χ4n) is 3.84. The molecule has 116 valence electrons. The predicted molar refractivity (Wildman–Crippen MR) is 79.7 cm³/mol. The van der Waals surface area contributed by atoms with Gasteiger partial charge in [0.15, 0.2) is 5.82 Å². The molecule has 2 fully saturated rings. The molecule has 0 spiro atoms. The molecule has 2 saturated carbocycles. The molecular weight excluding hydrogens is 264 g/mol. The van der Waals surface area contributed by atoms with Gasteiger partial charge in [0.1, 0.15) is 12.4 Å². The average Bonchev–Trinajstić information content (AvgIpc) is 3.30. The standard InChI is InChI=1S/C16H26N4O/c1-2-4-13(5-3-1)10-19(14-6-7-14)11-15-17-18-16-12-21-9-8-20(15)16/h13-14H,1-12H2. The zero-order valence-electron chi connectivity index (χ0n) is 12.8. The summed E-state index contributed by atoms with van der Waals surface area (Å²) in [5.74, 6) is 3.06. The molecule has 2 heterocycles. The maximum absolute atomic E-state index is 5.46. The van der Waals surface area contributed by atoms with Crippen molar-refractivity contribution in [3.8, 4) is 0 Å². The maximum atomic E-state index is 5.46. The highest BCUT2D eigenvalue weighted by molar-refractivity contribution is 4.99. The molecule has 0 aromatic carbocycles. The second kappa shape index (κ2) is 6.05. The van der Waals surface area contributed by atoms with Crippen LogP contribution in [0.4, 0.5) is 0 Å². The Hall–Kier alpha value is -0.940. The molecule has 1 aliphatic heterocycles. The zero-order chi connectivity index (χ0) is 14.1. The fraction of sp³-hybridized carbons (Fsp3) is 0.875. The van der Waals surface area contributed by atoms with Crippen molar-refractivity contribution in [3.63, 3.8) is 0 Å². The minimum Gasteiger partial charge on any atom is -0.372 e. The van der Waals surface area contributed by atoms with Crippen LogP contribution in [0.2, 0.25) is 0 Å². The molecule has 0 atom stereocenters. The second-order valence-electron chi connectivity index (χ2n) is 6.90. The molecule has 0 N–H and O–H groups in total. The van der Waals surface area contributed by atoms with E-state index in [1.165, 1.54) is 51.5 Å². The monoisotopic (exact) mass is 290 g/mol. The molecular formula is C16H26N4O. The summed E-state index contributed by atoms with van der Waals surface area (Å²) in [7, 11) is 0. The molecule has 21 heavy (non-hydrogen) atoms. The molecule has 2 aliphatic carbocycles. The van der Waals surface area contributed by atoms with E-state index in [9.17, 15) is 0 Å². The highest BCUT2D eigenvalue weighted by atomic mass is 16.5. The van der Waals surface area contributed by atoms with Gasteiger partial charge >= 0.3 is 0 Å². The largest absolute Gasteiger partial charge is 0.372 e. The van der Waals surface area contributed by atoms with Crippen LogP contribution in [0.25, 0.3) is 0 Å². The van der Waals surface area contributed by atoms with E-state index in [1.807, 2.05) is 0 Å². The first-order valence-electron chi connectivity index (χ1n) is 8.63. The number of rotatable bonds is 5. The van der Waals surface area contributed by atoms with Crippen molar-refractivity contribution in [1.29, 1.82) is 0 Å². The van der Waals surface area contributed by atoms with E-state index in [0.29, 0.717) is 6.61 Å². The van der Waals surface area contributed by atoms with Crippen LogP contribution in [0.3, 0.4) is 0 Å². The van der Waals surface area contributed by atoms with E-state index in [-0.39, 0.29) is 0 Å². The van der Waals surface area contributed by atoms with Crippen molar-refractivity contribution < 1.29 is 4.74 Å². The summed E-state index contributed by atoms with van der Waals surface area (Å²) in [4.78, 5) is 2.68. The van der Waals surface area contributed by atoms with Crippen LogP contribution in [-0.4, -0.2) is 38.9 Å².